The largest absolute Gasteiger partial charge is 0.497 e. The van der Waals surface area contributed by atoms with E-state index in [-0.39, 0.29) is 4.90 Å². The van der Waals surface area contributed by atoms with Crippen molar-refractivity contribution in [1.29, 1.82) is 0 Å². The van der Waals surface area contributed by atoms with E-state index in [9.17, 15) is 8.42 Å². The van der Waals surface area contributed by atoms with Crippen LogP contribution in [0.2, 0.25) is 0 Å². The lowest BCUT2D eigenvalue weighted by atomic mass is 10.1. The number of pyridine rings is 1. The molecule has 0 amide bonds. The molecule has 0 aliphatic carbocycles. The van der Waals surface area contributed by atoms with Crippen LogP contribution in [0.15, 0.2) is 59.6 Å². The van der Waals surface area contributed by atoms with Gasteiger partial charge in [0.05, 0.1) is 17.5 Å². The Balaban J connectivity index is 1.75. The molecule has 2 aromatic carbocycles. The fourth-order valence-corrected chi connectivity index (χ4v) is 2.86. The average molecular weight is 343 g/mol. The van der Waals surface area contributed by atoms with E-state index in [1.54, 1.807) is 25.4 Å². The van der Waals surface area contributed by atoms with Crippen LogP contribution in [0.5, 0.6) is 5.75 Å². The summed E-state index contributed by atoms with van der Waals surface area (Å²) in [5.41, 5.74) is 2.71. The molecule has 0 aliphatic rings. The number of nitrogens with one attached hydrogen (secondary N) is 1. The zero-order valence-corrected chi connectivity index (χ0v) is 13.9. The van der Waals surface area contributed by atoms with Gasteiger partial charge in [0.15, 0.2) is 0 Å². The topological polar surface area (TPSA) is 94.3 Å². The van der Waals surface area contributed by atoms with Gasteiger partial charge in [0.2, 0.25) is 10.0 Å². The highest BCUT2D eigenvalue weighted by molar-refractivity contribution is 7.89. The SMILES string of the molecule is COc1ccc2ncc(CNc3ccc(S(N)(=O)=O)cc3)cc2c1. The van der Waals surface area contributed by atoms with Gasteiger partial charge < -0.3 is 10.1 Å². The van der Waals surface area contributed by atoms with Crippen molar-refractivity contribution in [3.8, 4) is 5.75 Å². The first-order valence-corrected chi connectivity index (χ1v) is 8.80. The molecule has 124 valence electrons. The Morgan fingerprint density at radius 1 is 1.12 bits per heavy atom. The standard InChI is InChI=1S/C17H17N3O3S/c1-23-15-4-7-17-13(9-15)8-12(11-20-17)10-19-14-2-5-16(6-3-14)24(18,21)22/h2-9,11,19H,10H2,1H3,(H2,18,21,22). The summed E-state index contributed by atoms with van der Waals surface area (Å²) < 4.78 is 27.7. The molecule has 6 nitrogen and oxygen atoms in total. The Labute approximate surface area is 140 Å². The van der Waals surface area contributed by atoms with E-state index < -0.39 is 10.0 Å². The van der Waals surface area contributed by atoms with Crippen LogP contribution < -0.4 is 15.2 Å². The molecule has 1 heterocycles. The van der Waals surface area contributed by atoms with E-state index in [0.717, 1.165) is 27.9 Å². The lowest BCUT2D eigenvalue weighted by Crippen LogP contribution is -2.12. The van der Waals surface area contributed by atoms with E-state index in [0.29, 0.717) is 6.54 Å². The Hall–Kier alpha value is -2.64. The van der Waals surface area contributed by atoms with Gasteiger partial charge in [-0.25, -0.2) is 13.6 Å². The summed E-state index contributed by atoms with van der Waals surface area (Å²) >= 11 is 0. The van der Waals surface area contributed by atoms with Crippen LogP contribution in [-0.4, -0.2) is 20.5 Å². The number of nitrogens with two attached hydrogens (primary N) is 1. The smallest absolute Gasteiger partial charge is 0.238 e. The van der Waals surface area contributed by atoms with Gasteiger partial charge >= 0.3 is 0 Å². The molecule has 7 heteroatoms. The molecule has 0 radical (unpaired) electrons. The van der Waals surface area contributed by atoms with Crippen molar-refractivity contribution in [1.82, 2.24) is 4.98 Å². The number of methoxy groups -OCH3 is 1. The third-order valence-electron chi connectivity index (χ3n) is 3.62. The molecule has 1 aromatic heterocycles. The van der Waals surface area contributed by atoms with E-state index >= 15 is 0 Å². The van der Waals surface area contributed by atoms with E-state index in [4.69, 9.17) is 9.88 Å². The van der Waals surface area contributed by atoms with Crippen molar-refractivity contribution in [3.05, 3.63) is 60.3 Å². The maximum Gasteiger partial charge on any atom is 0.238 e. The average Bonchev–Trinajstić information content (AvgIpc) is 2.58. The van der Waals surface area contributed by atoms with Gasteiger partial charge in [-0.3, -0.25) is 4.98 Å². The molecule has 0 spiro atoms. The molecule has 0 bridgehead atoms. The highest BCUT2D eigenvalue weighted by atomic mass is 32.2. The summed E-state index contributed by atoms with van der Waals surface area (Å²) in [4.78, 5) is 4.51. The first kappa shape index (κ1) is 16.2. The maximum atomic E-state index is 11.2. The lowest BCUT2D eigenvalue weighted by molar-refractivity contribution is 0.415. The number of nitrogens with zero attached hydrogens (tertiary/aromatic N) is 1. The second-order valence-electron chi connectivity index (χ2n) is 5.33. The molecule has 3 N–H and O–H groups in total. The van der Waals surface area contributed by atoms with Crippen LogP contribution >= 0.6 is 0 Å². The number of anilines is 1. The molecule has 0 saturated heterocycles. The second-order valence-corrected chi connectivity index (χ2v) is 6.89. The summed E-state index contributed by atoms with van der Waals surface area (Å²) in [7, 11) is -2.04. The normalized spacial score (nSPS) is 11.4. The Kier molecular flexibility index (Phi) is 4.37. The minimum Gasteiger partial charge on any atom is -0.497 e. The van der Waals surface area contributed by atoms with Crippen LogP contribution in [-0.2, 0) is 16.6 Å². The first-order valence-electron chi connectivity index (χ1n) is 7.25. The lowest BCUT2D eigenvalue weighted by Gasteiger charge is -2.08. The predicted octanol–water partition coefficient (Wildman–Crippen LogP) is 2.50. The fraction of sp³-hybridized carbons (Fsp3) is 0.118. The molecule has 0 unspecified atom stereocenters. The van der Waals surface area contributed by atoms with Gasteiger partial charge in [0, 0.05) is 23.8 Å². The monoisotopic (exact) mass is 343 g/mol. The third kappa shape index (κ3) is 3.64. The van der Waals surface area contributed by atoms with Gasteiger partial charge in [-0.05, 0) is 54.1 Å². The molecule has 0 aliphatic heterocycles. The van der Waals surface area contributed by atoms with Crippen molar-refractivity contribution in [3.63, 3.8) is 0 Å². The van der Waals surface area contributed by atoms with E-state index in [1.807, 2.05) is 24.3 Å². The van der Waals surface area contributed by atoms with Crippen molar-refractivity contribution in [2.45, 2.75) is 11.4 Å². The Bertz CT molecular complexity index is 970. The summed E-state index contributed by atoms with van der Waals surface area (Å²) in [6.45, 7) is 0.564. The van der Waals surface area contributed by atoms with Gasteiger partial charge in [0.25, 0.3) is 0 Å². The van der Waals surface area contributed by atoms with E-state index in [1.165, 1.54) is 12.1 Å². The number of ether oxygens (including phenoxy) is 1. The first-order chi connectivity index (χ1) is 11.5. The minimum absolute atomic E-state index is 0.0903. The zero-order valence-electron chi connectivity index (χ0n) is 13.1. The third-order valence-corrected chi connectivity index (χ3v) is 4.55. The minimum atomic E-state index is -3.67. The molecule has 3 rings (SSSR count). The van der Waals surface area contributed by atoms with Gasteiger partial charge in [-0.15, -0.1) is 0 Å². The summed E-state index contributed by atoms with van der Waals surface area (Å²) in [5.74, 6) is 0.785. The fourth-order valence-electron chi connectivity index (χ4n) is 2.35. The van der Waals surface area contributed by atoms with Gasteiger partial charge in [0.1, 0.15) is 5.75 Å². The van der Waals surface area contributed by atoms with E-state index in [2.05, 4.69) is 10.3 Å². The number of rotatable bonds is 5. The zero-order chi connectivity index (χ0) is 17.2. The van der Waals surface area contributed by atoms with Crippen LogP contribution in [0, 0.1) is 0 Å². The predicted molar refractivity (Wildman–Crippen MR) is 93.4 cm³/mol. The summed E-state index contributed by atoms with van der Waals surface area (Å²) in [5, 5.41) is 9.31. The second kappa shape index (κ2) is 6.46. The highest BCUT2D eigenvalue weighted by Gasteiger charge is 2.06. The molecule has 24 heavy (non-hydrogen) atoms. The Morgan fingerprint density at radius 2 is 1.88 bits per heavy atom. The highest BCUT2D eigenvalue weighted by Crippen LogP contribution is 2.20. The van der Waals surface area contributed by atoms with Crippen LogP contribution in [0.1, 0.15) is 5.56 Å². The van der Waals surface area contributed by atoms with Crippen molar-refractivity contribution in [2.75, 3.05) is 12.4 Å². The number of fused-ring (bicyclic) bond motifs is 1. The number of hydrogen-bond acceptors (Lipinski definition) is 5. The van der Waals surface area contributed by atoms with Crippen molar-refractivity contribution >= 4 is 26.6 Å². The molecular formula is C17H17N3O3S. The van der Waals surface area contributed by atoms with Crippen LogP contribution in [0.25, 0.3) is 10.9 Å². The number of primary sulfonamides is 1. The Morgan fingerprint density at radius 3 is 2.54 bits per heavy atom. The van der Waals surface area contributed by atoms with Crippen molar-refractivity contribution in [2.24, 2.45) is 5.14 Å². The van der Waals surface area contributed by atoms with Crippen LogP contribution in [0.3, 0.4) is 0 Å². The molecule has 0 fully saturated rings. The molecular weight excluding hydrogens is 326 g/mol. The number of hydrogen-bond donors (Lipinski definition) is 2. The number of benzene rings is 2. The summed E-state index contributed by atoms with van der Waals surface area (Å²) in [6, 6.07) is 14.1. The molecule has 3 aromatic rings. The van der Waals surface area contributed by atoms with Crippen molar-refractivity contribution < 1.29 is 13.2 Å². The van der Waals surface area contributed by atoms with Crippen LogP contribution in [0.4, 0.5) is 5.69 Å². The number of sulfonamides is 1. The molecule has 0 saturated carbocycles. The van der Waals surface area contributed by atoms with Gasteiger partial charge in [-0.1, -0.05) is 0 Å². The number of aromatic nitrogens is 1. The quantitative estimate of drug-likeness (QED) is 0.742. The summed E-state index contributed by atoms with van der Waals surface area (Å²) in [6.07, 6.45) is 1.81. The maximum absolute atomic E-state index is 11.2. The molecule has 0 atom stereocenters. The van der Waals surface area contributed by atoms with Gasteiger partial charge in [-0.2, -0.15) is 0 Å².